The second-order valence-corrected chi connectivity index (χ2v) is 30.8. The highest BCUT2D eigenvalue weighted by Crippen LogP contribution is 2.44. The van der Waals surface area contributed by atoms with Crippen molar-refractivity contribution in [3.8, 4) is 62.5 Å². The molecule has 0 atom stereocenters. The molecule has 8 heterocycles. The number of anilines is 2. The summed E-state index contributed by atoms with van der Waals surface area (Å²) in [6.07, 6.45) is 3.71. The average Bonchev–Trinajstić information content (AvgIpc) is 1.59. The van der Waals surface area contributed by atoms with Crippen LogP contribution in [-0.4, -0.2) is 267 Å². The molecule has 0 saturated heterocycles. The number of halogens is 1. The van der Waals surface area contributed by atoms with Crippen molar-refractivity contribution in [1.29, 1.82) is 0 Å². The molecule has 0 radical (unpaired) electrons. The monoisotopic (exact) mass is 1660 g/mol. The summed E-state index contributed by atoms with van der Waals surface area (Å²) < 4.78 is 39.9. The smallest absolute Gasteiger partial charge is 0.318 e. The molecular weight excluding hydrogens is 1550 g/mol. The molecule has 642 valence electrons. The molecule has 0 bridgehead atoms. The number of amides is 4. The predicted octanol–water partition coefficient (Wildman–Crippen LogP) is 12.0. The number of urea groups is 2. The number of carbonyl (C=O) groups excluding carboxylic acids is 6. The Morgan fingerprint density at radius 3 is 1.23 bits per heavy atom. The van der Waals surface area contributed by atoms with Crippen molar-refractivity contribution in [2.45, 2.75) is 61.2 Å². The third kappa shape index (κ3) is 21.3. The largest absolute Gasteiger partial charge is 0.497 e. The Hall–Kier alpha value is -11.6. The minimum atomic E-state index is -0.368. The number of aldehydes is 2. The third-order valence-electron chi connectivity index (χ3n) is 21.3. The lowest BCUT2D eigenvalue weighted by Crippen LogP contribution is -2.31. The number of allylic oxidation sites excluding steroid dienone is 1. The number of aryl methyl sites for hydroxylation is 7. The number of ether oxygens (including phenoxy) is 5. The quantitative estimate of drug-likeness (QED) is 0.0173. The minimum Gasteiger partial charge on any atom is -0.497 e. The molecule has 120 heavy (non-hydrogen) atoms. The number of benzene rings is 5. The van der Waals surface area contributed by atoms with E-state index in [0.29, 0.717) is 57.6 Å². The van der Waals surface area contributed by atoms with Gasteiger partial charge < -0.3 is 88.5 Å². The number of alkyl halides is 1. The van der Waals surface area contributed by atoms with Crippen LogP contribution in [0.2, 0.25) is 0 Å². The van der Waals surface area contributed by atoms with Gasteiger partial charge in [-0.2, -0.15) is 15.3 Å². The summed E-state index contributed by atoms with van der Waals surface area (Å²) in [5, 5.41) is 29.9. The zero-order valence-corrected chi connectivity index (χ0v) is 74.5. The van der Waals surface area contributed by atoms with Crippen molar-refractivity contribution < 1.29 is 52.5 Å². The Labute approximate surface area is 708 Å². The molecule has 2 aliphatic rings. The molecule has 5 aromatic carbocycles. The summed E-state index contributed by atoms with van der Waals surface area (Å²) in [5.74, 6) is 3.56. The molecule has 31 heteroatoms. The van der Waals surface area contributed by atoms with E-state index >= 15 is 0 Å². The summed E-state index contributed by atoms with van der Waals surface area (Å²) in [6.45, 7) is 22.1. The number of fused-ring (bicyclic) bond motifs is 5. The van der Waals surface area contributed by atoms with Gasteiger partial charge in [0.2, 0.25) is 11.6 Å². The lowest BCUT2D eigenvalue weighted by atomic mass is 10.0. The van der Waals surface area contributed by atoms with E-state index < -0.39 is 0 Å². The van der Waals surface area contributed by atoms with Gasteiger partial charge in [-0.25, -0.2) is 9.59 Å². The summed E-state index contributed by atoms with van der Waals surface area (Å²) in [6, 6.07) is 27.1. The van der Waals surface area contributed by atoms with Crippen molar-refractivity contribution in [3.63, 3.8) is 0 Å². The van der Waals surface area contributed by atoms with Gasteiger partial charge in [-0.05, 0) is 202 Å². The number of likely N-dealkylation sites (N-methyl/N-ethyl adjacent to an activating group) is 6. The van der Waals surface area contributed by atoms with E-state index in [1.165, 1.54) is 14.1 Å². The Kier molecular flexibility index (Phi) is 32.2. The number of ketones is 2. The molecule has 0 saturated carbocycles. The zero-order valence-electron chi connectivity index (χ0n) is 73.7. The maximum atomic E-state index is 13.7. The normalized spacial score (nSPS) is 12.4. The molecule has 0 spiro atoms. The average molecular weight is 1670 g/mol. The second-order valence-electron chi connectivity index (χ2n) is 30.4. The fourth-order valence-corrected chi connectivity index (χ4v) is 14.8. The fraction of sp³-hybridized carbons (Fsp3) is 0.404. The van der Waals surface area contributed by atoms with E-state index in [2.05, 4.69) is 151 Å². The molecule has 5 N–H and O–H groups in total. The molecule has 2 aliphatic heterocycles. The molecule has 6 aromatic heterocycles. The van der Waals surface area contributed by atoms with Crippen LogP contribution in [0, 0.1) is 41.5 Å². The van der Waals surface area contributed by atoms with Gasteiger partial charge in [0, 0.05) is 208 Å². The SMILES string of the molecule is CNC(=O)Nc1ccc2c(c1)C(=O)/C(=C/c1c(-c3c(C)nn(C)c3C)n(CCN(C)CCN(C)C)c3ccc(OC)cc13)O2.CNC(=O)Nc1ccc2c(c1)C(=O)CO2.CNCCN(C)C.COc1ccc2c(c1)c(C=O)c(-c1c(C)nn(C)c1C)n2CCCl.COc1ccc2c(c1)c(C=O)c(-c1c(C)nn(C)c1C)n2CCN(C)CCN(C)C. The van der Waals surface area contributed by atoms with Crippen molar-refractivity contribution in [3.05, 3.63) is 159 Å². The van der Waals surface area contributed by atoms with Gasteiger partial charge in [-0.15, -0.1) is 11.6 Å². The number of hydrogen-bond donors (Lipinski definition) is 5. The summed E-state index contributed by atoms with van der Waals surface area (Å²) >= 11 is 6.04. The molecule has 4 amide bonds. The van der Waals surface area contributed by atoms with Crippen LogP contribution in [0.3, 0.4) is 0 Å². The van der Waals surface area contributed by atoms with Gasteiger partial charge in [0.05, 0.1) is 66.6 Å². The number of nitrogens with one attached hydrogen (secondary N) is 5. The van der Waals surface area contributed by atoms with Crippen LogP contribution in [0.4, 0.5) is 21.0 Å². The standard InChI is InChI=1S/C33H41N7O4.C23H33N5O2.C18H20ClN3O2.C10H10N2O3.C5H14N2/c1-20-30(21(2)39(7)36-20)31-25(19-29-32(41)26-17-22(35-33(42)34-3)9-12-28(26)44-29)24-18-23(43-8)10-11-27(24)40(31)16-15-38(6)14-13-37(4)5;1-16-22(17(2)27(6)24-16)23-20(15-29)19-14-18(30-7)8-9-21(19)28(23)13-12-26(5)11-10-25(3)4;1-11-17(12(2)21(3)20-11)18-15(10-23)14-9-13(24-4)5-6-16(14)22(18)8-7-19;1-11-10(14)12-6-2-3-9-7(4-6)8(13)5-15-9;1-6-4-5-7(2)3/h9-12,17-19H,13-16H2,1-8H3,(H2,34,35,42);8-9,14-15H,10-13H2,1-7H3;5-6,9-10H,7-8H2,1-4H3;2-4H,5H2,1H3,(H2,11,12,14);6H,4-5H2,1-3H3/b29-19-;;;;. The van der Waals surface area contributed by atoms with Crippen LogP contribution in [0.15, 0.2) is 96.8 Å². The van der Waals surface area contributed by atoms with Crippen LogP contribution >= 0.6 is 11.6 Å². The molecule has 30 nitrogen and oxygen atoms in total. The molecule has 0 aliphatic carbocycles. The summed E-state index contributed by atoms with van der Waals surface area (Å²) in [7, 11) is 32.5. The van der Waals surface area contributed by atoms with Crippen molar-refractivity contribution in [1.82, 2.24) is 83.5 Å². The maximum Gasteiger partial charge on any atom is 0.318 e. The Morgan fingerprint density at radius 1 is 0.492 bits per heavy atom. The first kappa shape index (κ1) is 92.2. The number of nitrogens with zero attached hydrogens (tertiary/aromatic N) is 14. The minimum absolute atomic E-state index is 0.0643. The van der Waals surface area contributed by atoms with Crippen molar-refractivity contribution in [2.24, 2.45) is 21.1 Å². The van der Waals surface area contributed by atoms with Crippen molar-refractivity contribution >= 4 is 98.0 Å². The first-order valence-electron chi connectivity index (χ1n) is 39.7. The van der Waals surface area contributed by atoms with E-state index in [1.807, 2.05) is 125 Å². The lowest BCUT2D eigenvalue weighted by molar-refractivity contribution is 0.0959. The van der Waals surface area contributed by atoms with Gasteiger partial charge in [0.15, 0.2) is 24.9 Å². The molecule has 11 aromatic rings. The number of carbonyl (C=O) groups is 6. The number of methoxy groups -OCH3 is 3. The van der Waals surface area contributed by atoms with E-state index in [0.717, 1.165) is 201 Å². The highest BCUT2D eigenvalue weighted by molar-refractivity contribution is 6.18. The Bertz CT molecular complexity index is 5540. The number of aromatic nitrogens is 9. The lowest BCUT2D eigenvalue weighted by Gasteiger charge is -2.21. The first-order valence-corrected chi connectivity index (χ1v) is 40.2. The van der Waals surface area contributed by atoms with E-state index in [4.69, 9.17) is 40.4 Å². The Balaban J connectivity index is 0.000000187. The van der Waals surface area contributed by atoms with Crippen LogP contribution in [0.1, 0.15) is 81.2 Å². The van der Waals surface area contributed by atoms with Gasteiger partial charge in [0.1, 0.15) is 28.7 Å². The Morgan fingerprint density at radius 2 is 0.875 bits per heavy atom. The number of Topliss-reactive ketones (excluding diaryl/α,β-unsaturated/α-hetero) is 2. The van der Waals surface area contributed by atoms with Gasteiger partial charge in [0.25, 0.3) is 0 Å². The van der Waals surface area contributed by atoms with Gasteiger partial charge >= 0.3 is 12.1 Å². The van der Waals surface area contributed by atoms with E-state index in [1.54, 1.807) is 57.7 Å². The fourth-order valence-electron chi connectivity index (χ4n) is 14.6. The molecule has 0 fully saturated rings. The predicted molar refractivity (Wildman–Crippen MR) is 478 cm³/mol. The van der Waals surface area contributed by atoms with Crippen LogP contribution in [0.5, 0.6) is 28.7 Å². The number of hydrogen-bond acceptors (Lipinski definition) is 20. The number of rotatable bonds is 28. The van der Waals surface area contributed by atoms with E-state index in [-0.39, 0.29) is 36.0 Å². The second kappa shape index (κ2) is 41.8. The van der Waals surface area contributed by atoms with Crippen LogP contribution < -0.4 is 50.3 Å². The molecule has 13 rings (SSSR count). The van der Waals surface area contributed by atoms with E-state index in [9.17, 15) is 28.8 Å². The van der Waals surface area contributed by atoms with Crippen molar-refractivity contribution in [2.75, 3.05) is 174 Å². The summed E-state index contributed by atoms with van der Waals surface area (Å²) in [5.41, 5.74) is 18.8. The third-order valence-corrected chi connectivity index (χ3v) is 21.5. The van der Waals surface area contributed by atoms with Gasteiger partial charge in [-0.3, -0.25) is 33.2 Å². The zero-order chi connectivity index (χ0) is 87.7. The topological polar surface area (TPSA) is 293 Å². The maximum absolute atomic E-state index is 13.7. The van der Waals surface area contributed by atoms with Gasteiger partial charge in [-0.1, -0.05) is 0 Å². The molecular formula is C89H118ClN19O11. The summed E-state index contributed by atoms with van der Waals surface area (Å²) in [4.78, 5) is 83.3. The highest BCUT2D eigenvalue weighted by Gasteiger charge is 2.33. The first-order chi connectivity index (χ1) is 57.3. The van der Waals surface area contributed by atoms with Crippen LogP contribution in [0.25, 0.3) is 72.6 Å². The highest BCUT2D eigenvalue weighted by atomic mass is 35.5. The van der Waals surface area contributed by atoms with Crippen LogP contribution in [-0.2, 0) is 40.8 Å². The molecule has 0 unspecified atom stereocenters.